The molecule has 9 unspecified atom stereocenters. The highest BCUT2D eigenvalue weighted by atomic mass is 16.4. The average molecular weight is 516 g/mol. The highest BCUT2D eigenvalue weighted by Gasteiger charge is 2.71. The smallest absolute Gasteiger partial charge is 0.309 e. The molecule has 1 aromatic rings. The van der Waals surface area contributed by atoms with Crippen molar-refractivity contribution in [3.63, 3.8) is 0 Å². The van der Waals surface area contributed by atoms with Gasteiger partial charge in [-0.25, -0.2) is 0 Å². The number of benzene rings is 1. The predicted octanol–water partition coefficient (Wildman–Crippen LogP) is 6.51. The van der Waals surface area contributed by atoms with Crippen LogP contribution in [0.15, 0.2) is 24.3 Å². The van der Waals surface area contributed by atoms with Crippen LogP contribution in [0.5, 0.6) is 0 Å². The molecule has 4 heteroatoms. The molecule has 7 aliphatic rings. The van der Waals surface area contributed by atoms with Gasteiger partial charge < -0.3 is 10.0 Å². The molecule has 9 atom stereocenters. The summed E-state index contributed by atoms with van der Waals surface area (Å²) in [5.41, 5.74) is 3.03. The first-order valence-electron chi connectivity index (χ1n) is 16.0. The third-order valence-electron chi connectivity index (χ3n) is 13.7. The van der Waals surface area contributed by atoms with Crippen molar-refractivity contribution in [2.24, 2.45) is 51.8 Å². The first-order chi connectivity index (χ1) is 18.4. The minimum Gasteiger partial charge on any atom is -0.481 e. The van der Waals surface area contributed by atoms with Gasteiger partial charge in [0.1, 0.15) is 0 Å². The Morgan fingerprint density at radius 2 is 1.53 bits per heavy atom. The first kappa shape index (κ1) is 24.0. The molecule has 1 heterocycles. The van der Waals surface area contributed by atoms with Crippen LogP contribution in [0.2, 0.25) is 0 Å². The quantitative estimate of drug-likeness (QED) is 0.499. The van der Waals surface area contributed by atoms with Gasteiger partial charge in [-0.15, -0.1) is 0 Å². The zero-order valence-electron chi connectivity index (χ0n) is 23.0. The molecule has 6 saturated carbocycles. The zero-order valence-corrected chi connectivity index (χ0v) is 23.0. The highest BCUT2D eigenvalue weighted by molar-refractivity contribution is 5.79. The number of carbonyl (C=O) groups is 2. The lowest BCUT2D eigenvalue weighted by Crippen LogP contribution is -2.46. The van der Waals surface area contributed by atoms with Gasteiger partial charge in [0.2, 0.25) is 5.91 Å². The number of nitrogens with zero attached hydrogens (tertiary/aromatic N) is 1. The summed E-state index contributed by atoms with van der Waals surface area (Å²) in [6.07, 6.45) is 17.4. The molecule has 0 aromatic heterocycles. The third-order valence-corrected chi connectivity index (χ3v) is 13.7. The van der Waals surface area contributed by atoms with E-state index in [9.17, 15) is 14.7 Å². The highest BCUT2D eigenvalue weighted by Crippen LogP contribution is 2.77. The molecular weight excluding hydrogens is 470 g/mol. The van der Waals surface area contributed by atoms with Gasteiger partial charge in [0.15, 0.2) is 0 Å². The van der Waals surface area contributed by atoms with Gasteiger partial charge in [-0.05, 0) is 135 Å². The molecule has 0 spiro atoms. The van der Waals surface area contributed by atoms with Crippen molar-refractivity contribution < 1.29 is 14.7 Å². The molecule has 6 bridgehead atoms. The van der Waals surface area contributed by atoms with Crippen LogP contribution >= 0.6 is 0 Å². The van der Waals surface area contributed by atoms with Gasteiger partial charge in [-0.1, -0.05) is 37.1 Å². The molecule has 0 radical (unpaired) electrons. The van der Waals surface area contributed by atoms with E-state index in [4.69, 9.17) is 0 Å². The number of aliphatic carboxylic acids is 1. The van der Waals surface area contributed by atoms with E-state index in [1.807, 2.05) is 0 Å². The second kappa shape index (κ2) is 8.33. The van der Waals surface area contributed by atoms with Crippen LogP contribution in [0.3, 0.4) is 0 Å². The maximum Gasteiger partial charge on any atom is 0.309 e. The Morgan fingerprint density at radius 1 is 0.816 bits per heavy atom. The summed E-state index contributed by atoms with van der Waals surface area (Å²) in [5, 5.41) is 10.6. The summed E-state index contributed by atoms with van der Waals surface area (Å²) in [7, 11) is 0. The van der Waals surface area contributed by atoms with Crippen LogP contribution in [0.1, 0.15) is 94.6 Å². The average Bonchev–Trinajstić information content (AvgIpc) is 3.07. The van der Waals surface area contributed by atoms with Crippen LogP contribution < -0.4 is 0 Å². The summed E-state index contributed by atoms with van der Waals surface area (Å²) >= 11 is 0. The number of hydrogen-bond donors (Lipinski definition) is 1. The van der Waals surface area contributed by atoms with E-state index in [-0.39, 0.29) is 11.3 Å². The number of rotatable bonds is 3. The molecule has 6 fully saturated rings. The summed E-state index contributed by atoms with van der Waals surface area (Å²) in [5.74, 6) is 3.46. The number of fused-ring (bicyclic) bond motifs is 6. The summed E-state index contributed by atoms with van der Waals surface area (Å²) in [6.45, 7) is 1.75. The number of hydrogen-bond acceptors (Lipinski definition) is 2. The van der Waals surface area contributed by atoms with Gasteiger partial charge in [-0.3, -0.25) is 9.59 Å². The predicted molar refractivity (Wildman–Crippen MR) is 146 cm³/mol. The fourth-order valence-electron chi connectivity index (χ4n) is 12.4. The minimum atomic E-state index is -0.473. The molecule has 1 aliphatic heterocycles. The topological polar surface area (TPSA) is 57.6 Å². The lowest BCUT2D eigenvalue weighted by molar-refractivity contribution is -0.152. The number of carboxylic acid groups (broad SMARTS) is 1. The SMILES string of the molecule is O=C(C1CC2CC3CC(C45CC6CCCC(C(=O)O)(C4)C(C6)C5)(C2)CC3C1)N1CCc2ccccc2CC1. The first-order valence-corrected chi connectivity index (χ1v) is 16.0. The van der Waals surface area contributed by atoms with Crippen molar-refractivity contribution >= 4 is 11.9 Å². The van der Waals surface area contributed by atoms with Gasteiger partial charge in [-0.2, -0.15) is 0 Å². The minimum absolute atomic E-state index is 0.206. The molecule has 4 nitrogen and oxygen atoms in total. The normalized spacial score (nSPS) is 46.8. The van der Waals surface area contributed by atoms with Crippen molar-refractivity contribution in [3.8, 4) is 0 Å². The van der Waals surface area contributed by atoms with E-state index >= 15 is 0 Å². The Kier molecular flexibility index (Phi) is 5.26. The van der Waals surface area contributed by atoms with E-state index in [1.165, 1.54) is 62.5 Å². The Labute approximate surface area is 227 Å². The second-order valence-electron chi connectivity index (χ2n) is 15.3. The molecule has 6 aliphatic carbocycles. The van der Waals surface area contributed by atoms with Gasteiger partial charge in [0.05, 0.1) is 5.41 Å². The van der Waals surface area contributed by atoms with Crippen LogP contribution in [0.4, 0.5) is 0 Å². The Bertz CT molecular complexity index is 1130. The molecule has 1 amide bonds. The zero-order chi connectivity index (χ0) is 25.7. The van der Waals surface area contributed by atoms with E-state index in [2.05, 4.69) is 29.2 Å². The van der Waals surface area contributed by atoms with Gasteiger partial charge >= 0.3 is 5.97 Å². The largest absolute Gasteiger partial charge is 0.481 e. The standard InChI is InChI=1S/C34H45NO3/c36-30(35-10-7-24-5-1-2-6-25(24)8-11-35)26-12-23-13-27-18-32(17-23,19-28(27)15-26)33-16-22-4-3-9-34(21-33,31(37)38)29(14-22)20-33/h1-2,5-6,22-23,26-29H,3-4,7-21H2,(H,37,38). The third kappa shape index (κ3) is 3.33. The Balaban J connectivity index is 1.04. The summed E-state index contributed by atoms with van der Waals surface area (Å²) in [6, 6.07) is 8.75. The number of carbonyl (C=O) groups excluding carboxylic acids is 1. The van der Waals surface area contributed by atoms with Crippen molar-refractivity contribution in [1.82, 2.24) is 4.90 Å². The molecular formula is C34H45NO3. The maximum atomic E-state index is 14.0. The Hall–Kier alpha value is -1.84. The second-order valence-corrected chi connectivity index (χ2v) is 15.3. The van der Waals surface area contributed by atoms with Crippen molar-refractivity contribution in [2.45, 2.75) is 96.3 Å². The molecule has 0 saturated heterocycles. The van der Waals surface area contributed by atoms with Crippen molar-refractivity contribution in [2.75, 3.05) is 13.1 Å². The van der Waals surface area contributed by atoms with E-state index in [0.29, 0.717) is 29.1 Å². The number of amides is 1. The molecule has 1 aromatic carbocycles. The summed E-state index contributed by atoms with van der Waals surface area (Å²) in [4.78, 5) is 29.0. The van der Waals surface area contributed by atoms with Crippen LogP contribution in [-0.4, -0.2) is 35.0 Å². The molecule has 38 heavy (non-hydrogen) atoms. The molecule has 204 valence electrons. The van der Waals surface area contributed by atoms with Crippen molar-refractivity contribution in [3.05, 3.63) is 35.4 Å². The Morgan fingerprint density at radius 3 is 2.26 bits per heavy atom. The van der Waals surface area contributed by atoms with E-state index < -0.39 is 11.4 Å². The van der Waals surface area contributed by atoms with Crippen LogP contribution in [0.25, 0.3) is 0 Å². The monoisotopic (exact) mass is 515 g/mol. The van der Waals surface area contributed by atoms with Gasteiger partial charge in [0.25, 0.3) is 0 Å². The lowest BCUT2D eigenvalue weighted by Gasteiger charge is -2.55. The number of carboxylic acids is 1. The molecule has 8 rings (SSSR count). The summed E-state index contributed by atoms with van der Waals surface area (Å²) < 4.78 is 0. The van der Waals surface area contributed by atoms with E-state index in [1.54, 1.807) is 0 Å². The van der Waals surface area contributed by atoms with Gasteiger partial charge in [0, 0.05) is 19.0 Å². The fraction of sp³-hybridized carbons (Fsp3) is 0.765. The maximum absolute atomic E-state index is 14.0. The lowest BCUT2D eigenvalue weighted by atomic mass is 9.50. The van der Waals surface area contributed by atoms with E-state index in [0.717, 1.165) is 69.9 Å². The van der Waals surface area contributed by atoms with Crippen molar-refractivity contribution in [1.29, 1.82) is 0 Å². The fourth-order valence-corrected chi connectivity index (χ4v) is 12.4. The van der Waals surface area contributed by atoms with Crippen LogP contribution in [-0.2, 0) is 22.4 Å². The van der Waals surface area contributed by atoms with Crippen LogP contribution in [0, 0.1) is 51.8 Å². The molecule has 1 N–H and O–H groups in total.